The van der Waals surface area contributed by atoms with Gasteiger partial charge < -0.3 is 10.6 Å². The third kappa shape index (κ3) is 6.64. The summed E-state index contributed by atoms with van der Waals surface area (Å²) in [6.45, 7) is 3.86. The van der Waals surface area contributed by atoms with Gasteiger partial charge in [0.05, 0.1) is 21.5 Å². The molecule has 0 aliphatic rings. The molecular formula is C26H21Cl2N3O2S2. The van der Waals surface area contributed by atoms with Gasteiger partial charge >= 0.3 is 0 Å². The van der Waals surface area contributed by atoms with Crippen LogP contribution in [0.5, 0.6) is 0 Å². The number of thiazole rings is 1. The number of carbonyl (C=O) groups is 2. The van der Waals surface area contributed by atoms with Gasteiger partial charge in [0.1, 0.15) is 0 Å². The van der Waals surface area contributed by atoms with Gasteiger partial charge in [-0.3, -0.25) is 9.59 Å². The summed E-state index contributed by atoms with van der Waals surface area (Å²) in [5.41, 5.74) is 3.95. The lowest BCUT2D eigenvalue weighted by atomic mass is 10.1. The number of hydrogen-bond acceptors (Lipinski definition) is 5. The number of anilines is 2. The highest BCUT2D eigenvalue weighted by atomic mass is 35.5. The number of nitrogens with zero attached hydrogens (tertiary/aromatic N) is 1. The fourth-order valence-electron chi connectivity index (χ4n) is 3.17. The van der Waals surface area contributed by atoms with Crippen molar-refractivity contribution < 1.29 is 9.59 Å². The molecule has 0 fully saturated rings. The predicted octanol–water partition coefficient (Wildman–Crippen LogP) is 7.80. The number of halogens is 2. The van der Waals surface area contributed by atoms with Crippen LogP contribution in [-0.2, 0) is 4.79 Å². The van der Waals surface area contributed by atoms with Crippen LogP contribution in [0.4, 0.5) is 10.8 Å². The van der Waals surface area contributed by atoms with Gasteiger partial charge in [-0.25, -0.2) is 4.98 Å². The molecule has 0 saturated carbocycles. The van der Waals surface area contributed by atoms with E-state index in [0.29, 0.717) is 21.4 Å². The first-order valence-electron chi connectivity index (χ1n) is 10.6. The summed E-state index contributed by atoms with van der Waals surface area (Å²) in [6.07, 6.45) is 0. The van der Waals surface area contributed by atoms with E-state index in [4.69, 9.17) is 23.2 Å². The molecule has 0 radical (unpaired) electrons. The minimum atomic E-state index is -0.376. The topological polar surface area (TPSA) is 71.1 Å². The normalized spacial score (nSPS) is 11.7. The third-order valence-electron chi connectivity index (χ3n) is 5.03. The lowest BCUT2D eigenvalue weighted by molar-refractivity contribution is -0.115. The average molecular weight is 543 g/mol. The van der Waals surface area contributed by atoms with Crippen molar-refractivity contribution in [2.45, 2.75) is 24.0 Å². The molecule has 9 heteroatoms. The van der Waals surface area contributed by atoms with Gasteiger partial charge in [-0.1, -0.05) is 59.1 Å². The maximum Gasteiger partial charge on any atom is 0.257 e. The van der Waals surface area contributed by atoms with Crippen LogP contribution in [0.2, 0.25) is 10.0 Å². The van der Waals surface area contributed by atoms with E-state index < -0.39 is 0 Å². The van der Waals surface area contributed by atoms with Crippen molar-refractivity contribution in [1.29, 1.82) is 0 Å². The maximum atomic E-state index is 12.8. The molecule has 0 aliphatic carbocycles. The molecule has 1 heterocycles. The zero-order valence-electron chi connectivity index (χ0n) is 18.8. The Hall–Kier alpha value is -2.84. The Morgan fingerprint density at radius 3 is 2.51 bits per heavy atom. The van der Waals surface area contributed by atoms with E-state index >= 15 is 0 Å². The largest absolute Gasteiger partial charge is 0.322 e. The molecule has 1 atom stereocenters. The van der Waals surface area contributed by atoms with E-state index in [1.54, 1.807) is 18.2 Å². The second-order valence-electron chi connectivity index (χ2n) is 7.76. The number of rotatable bonds is 7. The molecule has 3 aromatic carbocycles. The lowest BCUT2D eigenvalue weighted by Gasteiger charge is -2.12. The van der Waals surface area contributed by atoms with Crippen molar-refractivity contribution >= 4 is 68.9 Å². The Kier molecular flexibility index (Phi) is 8.13. The minimum Gasteiger partial charge on any atom is -0.322 e. The summed E-state index contributed by atoms with van der Waals surface area (Å²) in [5, 5.41) is 8.57. The number of nitrogens with one attached hydrogen (secondary N) is 2. The molecule has 0 bridgehead atoms. The Morgan fingerprint density at radius 1 is 1.00 bits per heavy atom. The molecule has 0 saturated heterocycles. The van der Waals surface area contributed by atoms with Crippen molar-refractivity contribution in [3.05, 3.63) is 93.3 Å². The van der Waals surface area contributed by atoms with Crippen LogP contribution in [0.3, 0.4) is 0 Å². The van der Waals surface area contributed by atoms with Crippen LogP contribution >= 0.6 is 46.3 Å². The van der Waals surface area contributed by atoms with E-state index in [2.05, 4.69) is 15.6 Å². The molecule has 2 amide bonds. The molecule has 4 rings (SSSR count). The summed E-state index contributed by atoms with van der Waals surface area (Å²) >= 11 is 14.8. The van der Waals surface area contributed by atoms with Gasteiger partial charge in [-0.05, 0) is 50.2 Å². The van der Waals surface area contributed by atoms with Gasteiger partial charge in [0.2, 0.25) is 5.91 Å². The SMILES string of the molecule is Cc1ccc(-c2csc(NC(=O)C(C)Sc3cccc(NC(=O)c4ccc(Cl)cc4Cl)c3)n2)cc1. The second kappa shape index (κ2) is 11.3. The van der Waals surface area contributed by atoms with Gasteiger partial charge in [0.15, 0.2) is 5.13 Å². The molecule has 0 spiro atoms. The molecule has 1 unspecified atom stereocenters. The minimum absolute atomic E-state index is 0.151. The number of thioether (sulfide) groups is 1. The number of aryl methyl sites for hydroxylation is 1. The zero-order valence-corrected chi connectivity index (χ0v) is 22.0. The van der Waals surface area contributed by atoms with Crippen molar-refractivity contribution in [3.63, 3.8) is 0 Å². The molecule has 178 valence electrons. The predicted molar refractivity (Wildman–Crippen MR) is 147 cm³/mol. The van der Waals surface area contributed by atoms with Crippen LogP contribution in [0, 0.1) is 6.92 Å². The van der Waals surface area contributed by atoms with Crippen LogP contribution in [0.15, 0.2) is 77.0 Å². The van der Waals surface area contributed by atoms with Crippen molar-refractivity contribution in [3.8, 4) is 11.3 Å². The molecule has 1 aromatic heterocycles. The molecule has 0 aliphatic heterocycles. The summed E-state index contributed by atoms with van der Waals surface area (Å²) in [4.78, 5) is 30.7. The molecular weight excluding hydrogens is 521 g/mol. The van der Waals surface area contributed by atoms with E-state index in [-0.39, 0.29) is 22.1 Å². The molecule has 5 nitrogen and oxygen atoms in total. The Labute approximate surface area is 221 Å². The smallest absolute Gasteiger partial charge is 0.257 e. The van der Waals surface area contributed by atoms with Gasteiger partial charge in [-0.2, -0.15) is 0 Å². The summed E-state index contributed by atoms with van der Waals surface area (Å²) in [6, 6.07) is 20.1. The maximum absolute atomic E-state index is 12.8. The third-order valence-corrected chi connectivity index (χ3v) is 7.43. The van der Waals surface area contributed by atoms with Crippen molar-refractivity contribution in [2.24, 2.45) is 0 Å². The first-order chi connectivity index (χ1) is 16.8. The zero-order chi connectivity index (χ0) is 24.9. The second-order valence-corrected chi connectivity index (χ2v) is 10.9. The van der Waals surface area contributed by atoms with Crippen LogP contribution in [0.25, 0.3) is 11.3 Å². The highest BCUT2D eigenvalue weighted by Crippen LogP contribution is 2.29. The highest BCUT2D eigenvalue weighted by Gasteiger charge is 2.17. The summed E-state index contributed by atoms with van der Waals surface area (Å²) in [7, 11) is 0. The average Bonchev–Trinajstić information content (AvgIpc) is 3.28. The number of aromatic nitrogens is 1. The van der Waals surface area contributed by atoms with E-state index in [1.807, 2.05) is 61.7 Å². The Balaban J connectivity index is 1.37. The first-order valence-corrected chi connectivity index (χ1v) is 13.2. The molecule has 2 N–H and O–H groups in total. The quantitative estimate of drug-likeness (QED) is 0.234. The Bertz CT molecular complexity index is 1370. The van der Waals surface area contributed by atoms with Crippen LogP contribution < -0.4 is 10.6 Å². The van der Waals surface area contributed by atoms with Crippen molar-refractivity contribution in [2.75, 3.05) is 10.6 Å². The van der Waals surface area contributed by atoms with Crippen LogP contribution in [0.1, 0.15) is 22.8 Å². The number of hydrogen-bond donors (Lipinski definition) is 2. The summed E-state index contributed by atoms with van der Waals surface area (Å²) in [5.74, 6) is -0.491. The van der Waals surface area contributed by atoms with E-state index in [1.165, 1.54) is 34.7 Å². The lowest BCUT2D eigenvalue weighted by Crippen LogP contribution is -2.22. The monoisotopic (exact) mass is 541 g/mol. The number of carbonyl (C=O) groups excluding carboxylic acids is 2. The fraction of sp³-hybridized carbons (Fsp3) is 0.115. The number of benzene rings is 3. The van der Waals surface area contributed by atoms with Gasteiger partial charge in [0.25, 0.3) is 5.91 Å². The summed E-state index contributed by atoms with van der Waals surface area (Å²) < 4.78 is 0. The number of amides is 2. The Morgan fingerprint density at radius 2 is 1.77 bits per heavy atom. The van der Waals surface area contributed by atoms with E-state index in [9.17, 15) is 9.59 Å². The van der Waals surface area contributed by atoms with E-state index in [0.717, 1.165) is 16.2 Å². The highest BCUT2D eigenvalue weighted by molar-refractivity contribution is 8.00. The van der Waals surface area contributed by atoms with Gasteiger partial charge in [0, 0.05) is 26.5 Å². The van der Waals surface area contributed by atoms with Crippen molar-refractivity contribution in [1.82, 2.24) is 4.98 Å². The first kappa shape index (κ1) is 25.3. The molecule has 35 heavy (non-hydrogen) atoms. The fourth-order valence-corrected chi connectivity index (χ4v) is 5.32. The van der Waals surface area contributed by atoms with Gasteiger partial charge in [-0.15, -0.1) is 23.1 Å². The standard InChI is InChI=1S/C26H21Cl2N3O2S2/c1-15-6-8-17(9-7-15)23-14-34-26(30-23)31-24(32)16(2)35-20-5-3-4-19(13-20)29-25(33)21-11-10-18(27)12-22(21)28/h3-14,16H,1-2H3,(H,29,33)(H,30,31,32). The molecule has 4 aromatic rings. The van der Waals surface area contributed by atoms with Crippen LogP contribution in [-0.4, -0.2) is 22.0 Å².